The van der Waals surface area contributed by atoms with E-state index in [1.165, 1.54) is 11.8 Å². The summed E-state index contributed by atoms with van der Waals surface area (Å²) in [5.74, 6) is 0.495. The molecule has 1 heterocycles. The van der Waals surface area contributed by atoms with Crippen molar-refractivity contribution in [2.24, 2.45) is 0 Å². The molecule has 0 bridgehead atoms. The van der Waals surface area contributed by atoms with E-state index in [-0.39, 0.29) is 0 Å². The van der Waals surface area contributed by atoms with Gasteiger partial charge in [-0.25, -0.2) is 0 Å². The first kappa shape index (κ1) is 15.6. The maximum Gasteiger partial charge on any atom is 0.132 e. The number of rotatable bonds is 4. The van der Waals surface area contributed by atoms with E-state index in [2.05, 4.69) is 0 Å². The van der Waals surface area contributed by atoms with Crippen molar-refractivity contribution < 1.29 is 25.2 Å². The molecule has 20 heavy (non-hydrogen) atoms. The van der Waals surface area contributed by atoms with Gasteiger partial charge in [0.05, 0.1) is 6.61 Å². The monoisotopic (exact) mass is 301 g/mol. The minimum Gasteiger partial charge on any atom is -0.398 e. The van der Waals surface area contributed by atoms with Gasteiger partial charge in [-0.15, -0.1) is 11.8 Å². The first-order valence-corrected chi connectivity index (χ1v) is 7.35. The molecule has 0 aromatic heterocycles. The van der Waals surface area contributed by atoms with Crippen LogP contribution in [0, 0.1) is 0 Å². The molecular formula is C13H19NO5S. The predicted octanol–water partition coefficient (Wildman–Crippen LogP) is -0.698. The molecule has 0 saturated carbocycles. The summed E-state index contributed by atoms with van der Waals surface area (Å²) in [7, 11) is 0. The van der Waals surface area contributed by atoms with Gasteiger partial charge in [-0.3, -0.25) is 0 Å². The second kappa shape index (κ2) is 6.75. The fraction of sp³-hybridized carbons (Fsp3) is 0.538. The Morgan fingerprint density at radius 2 is 1.80 bits per heavy atom. The van der Waals surface area contributed by atoms with Gasteiger partial charge in [0.2, 0.25) is 0 Å². The van der Waals surface area contributed by atoms with Gasteiger partial charge < -0.3 is 30.9 Å². The van der Waals surface area contributed by atoms with Gasteiger partial charge in [-0.1, -0.05) is 18.2 Å². The zero-order valence-corrected chi connectivity index (χ0v) is 11.6. The number of ether oxygens (including phenoxy) is 1. The third kappa shape index (κ3) is 3.25. The van der Waals surface area contributed by atoms with Crippen molar-refractivity contribution in [3.63, 3.8) is 0 Å². The molecule has 7 heteroatoms. The number of anilines is 1. The second-order valence-corrected chi connectivity index (χ2v) is 5.79. The molecule has 6 nitrogen and oxygen atoms in total. The molecule has 0 radical (unpaired) electrons. The summed E-state index contributed by atoms with van der Waals surface area (Å²) in [5.41, 5.74) is 6.64. The molecule has 1 fully saturated rings. The van der Waals surface area contributed by atoms with E-state index in [1.807, 2.05) is 18.2 Å². The zero-order chi connectivity index (χ0) is 14.7. The number of hydrogen-bond acceptors (Lipinski definition) is 7. The van der Waals surface area contributed by atoms with Crippen LogP contribution in [-0.2, 0) is 10.5 Å². The van der Waals surface area contributed by atoms with Gasteiger partial charge >= 0.3 is 0 Å². The SMILES string of the molecule is Nc1ccccc1CS[C@@H]1O[C@H](CO)[C@H](O)[C@H](O)[C@H]1O. The van der Waals surface area contributed by atoms with Gasteiger partial charge in [0.25, 0.3) is 0 Å². The molecule has 0 unspecified atom stereocenters. The molecule has 2 rings (SSSR count). The Morgan fingerprint density at radius 1 is 1.10 bits per heavy atom. The van der Waals surface area contributed by atoms with E-state index >= 15 is 0 Å². The molecule has 112 valence electrons. The summed E-state index contributed by atoms with van der Waals surface area (Å²) < 4.78 is 5.40. The Hall–Kier alpha value is -0.830. The smallest absolute Gasteiger partial charge is 0.132 e. The number of aliphatic hydroxyl groups is 4. The lowest BCUT2D eigenvalue weighted by Crippen LogP contribution is -2.57. The lowest BCUT2D eigenvalue weighted by atomic mass is 10.0. The van der Waals surface area contributed by atoms with E-state index < -0.39 is 36.5 Å². The number of hydrogen-bond donors (Lipinski definition) is 5. The van der Waals surface area contributed by atoms with Gasteiger partial charge in [-0.05, 0) is 11.6 Å². The number of para-hydroxylation sites is 1. The molecule has 6 N–H and O–H groups in total. The number of thioether (sulfide) groups is 1. The number of nitrogens with two attached hydrogens (primary N) is 1. The van der Waals surface area contributed by atoms with Gasteiger partial charge in [0.15, 0.2) is 0 Å². The molecule has 1 aliphatic heterocycles. The summed E-state index contributed by atoms with van der Waals surface area (Å²) in [6, 6.07) is 7.34. The average molecular weight is 301 g/mol. The summed E-state index contributed by atoms with van der Waals surface area (Å²) in [5, 5.41) is 38.4. The van der Waals surface area contributed by atoms with Crippen LogP contribution in [0.2, 0.25) is 0 Å². The molecule has 1 aromatic carbocycles. The van der Waals surface area contributed by atoms with Crippen LogP contribution in [0.3, 0.4) is 0 Å². The molecule has 1 saturated heterocycles. The number of benzene rings is 1. The molecule has 0 aliphatic carbocycles. The number of nitrogen functional groups attached to an aromatic ring is 1. The zero-order valence-electron chi connectivity index (χ0n) is 10.8. The van der Waals surface area contributed by atoms with Crippen molar-refractivity contribution in [2.45, 2.75) is 35.6 Å². The first-order valence-electron chi connectivity index (χ1n) is 6.30. The highest BCUT2D eigenvalue weighted by molar-refractivity contribution is 7.99. The highest BCUT2D eigenvalue weighted by Crippen LogP contribution is 2.31. The van der Waals surface area contributed by atoms with Crippen molar-refractivity contribution in [3.05, 3.63) is 29.8 Å². The fourth-order valence-electron chi connectivity index (χ4n) is 2.04. The van der Waals surface area contributed by atoms with E-state index in [0.717, 1.165) is 5.56 Å². The molecule has 1 aromatic rings. The van der Waals surface area contributed by atoms with Crippen LogP contribution >= 0.6 is 11.8 Å². The maximum absolute atomic E-state index is 9.90. The Labute approximate surface area is 121 Å². The standard InChI is InChI=1S/C13H19NO5S/c14-8-4-2-1-3-7(8)6-20-13-12(18)11(17)10(16)9(5-15)19-13/h1-4,9-13,15-18H,5-6,14H2/t9-,10+,11+,12-,13+/m1/s1. The molecular weight excluding hydrogens is 282 g/mol. The third-order valence-electron chi connectivity index (χ3n) is 3.31. The Balaban J connectivity index is 2.00. The Morgan fingerprint density at radius 3 is 2.45 bits per heavy atom. The second-order valence-electron chi connectivity index (χ2n) is 4.71. The highest BCUT2D eigenvalue weighted by atomic mass is 32.2. The van der Waals surface area contributed by atoms with E-state index in [4.69, 9.17) is 15.6 Å². The predicted molar refractivity (Wildman–Crippen MR) is 75.9 cm³/mol. The third-order valence-corrected chi connectivity index (χ3v) is 4.50. The van der Waals surface area contributed by atoms with E-state index in [9.17, 15) is 15.3 Å². The summed E-state index contributed by atoms with van der Waals surface area (Å²) in [6.45, 7) is -0.421. The Kier molecular flexibility index (Phi) is 5.25. The summed E-state index contributed by atoms with van der Waals surface area (Å²) in [4.78, 5) is 0. The number of aliphatic hydroxyl groups excluding tert-OH is 4. The molecule has 1 aliphatic rings. The Bertz CT molecular complexity index is 445. The van der Waals surface area contributed by atoms with Crippen LogP contribution in [0.25, 0.3) is 0 Å². The fourth-order valence-corrected chi connectivity index (χ4v) is 3.23. The van der Waals surface area contributed by atoms with Crippen molar-refractivity contribution in [1.29, 1.82) is 0 Å². The van der Waals surface area contributed by atoms with Crippen LogP contribution in [0.5, 0.6) is 0 Å². The molecule has 0 spiro atoms. The topological polar surface area (TPSA) is 116 Å². The summed E-state index contributed by atoms with van der Waals surface area (Å²) >= 11 is 1.26. The quantitative estimate of drug-likeness (QED) is 0.467. The van der Waals surface area contributed by atoms with Crippen molar-refractivity contribution in [3.8, 4) is 0 Å². The van der Waals surface area contributed by atoms with Crippen molar-refractivity contribution in [2.75, 3.05) is 12.3 Å². The van der Waals surface area contributed by atoms with E-state index in [1.54, 1.807) is 6.07 Å². The van der Waals surface area contributed by atoms with Gasteiger partial charge in [0.1, 0.15) is 29.9 Å². The normalized spacial score (nSPS) is 34.1. The maximum atomic E-state index is 9.90. The minimum atomic E-state index is -1.34. The van der Waals surface area contributed by atoms with Crippen molar-refractivity contribution in [1.82, 2.24) is 0 Å². The average Bonchev–Trinajstić information content (AvgIpc) is 2.46. The van der Waals surface area contributed by atoms with Crippen LogP contribution in [0.1, 0.15) is 5.56 Å². The van der Waals surface area contributed by atoms with Crippen molar-refractivity contribution >= 4 is 17.4 Å². The largest absolute Gasteiger partial charge is 0.398 e. The lowest BCUT2D eigenvalue weighted by molar-refractivity contribution is -0.205. The first-order chi connectivity index (χ1) is 9.54. The molecule has 5 atom stereocenters. The lowest BCUT2D eigenvalue weighted by Gasteiger charge is -2.39. The van der Waals surface area contributed by atoms with Gasteiger partial charge in [0, 0.05) is 11.4 Å². The van der Waals surface area contributed by atoms with Crippen LogP contribution in [0.4, 0.5) is 5.69 Å². The summed E-state index contributed by atoms with van der Waals surface area (Å²) in [6.07, 6.45) is -4.76. The van der Waals surface area contributed by atoms with Crippen LogP contribution < -0.4 is 5.73 Å². The van der Waals surface area contributed by atoms with Crippen LogP contribution in [0.15, 0.2) is 24.3 Å². The highest BCUT2D eigenvalue weighted by Gasteiger charge is 2.43. The van der Waals surface area contributed by atoms with E-state index in [0.29, 0.717) is 11.4 Å². The minimum absolute atomic E-state index is 0.421. The van der Waals surface area contributed by atoms with Crippen LogP contribution in [-0.4, -0.2) is 56.9 Å². The molecule has 0 amide bonds. The van der Waals surface area contributed by atoms with Gasteiger partial charge in [-0.2, -0.15) is 0 Å².